The molecular formula is C21H30N4O2. The Balaban J connectivity index is 1.51. The van der Waals surface area contributed by atoms with Crippen LogP contribution in [0.25, 0.3) is 5.65 Å². The van der Waals surface area contributed by atoms with Gasteiger partial charge in [0.2, 0.25) is 5.91 Å². The fourth-order valence-corrected chi connectivity index (χ4v) is 3.96. The van der Waals surface area contributed by atoms with Crippen LogP contribution in [-0.2, 0) is 4.79 Å². The molecule has 0 aliphatic heterocycles. The standard InChI is InChI=1S/C21H30N4O2/c1-15-9-8-14-25-19(16(2)23-20(15)25)21(27)22-13-7-12-18(26)24(3)17-10-5-4-6-11-17/h8-9,14,17H,4-7,10-13H2,1-3H3,(H,22,27). The Bertz CT molecular complexity index is 821. The number of aromatic nitrogens is 2. The van der Waals surface area contributed by atoms with Gasteiger partial charge >= 0.3 is 0 Å². The minimum atomic E-state index is -0.140. The third kappa shape index (κ3) is 4.31. The normalized spacial score (nSPS) is 15.1. The van der Waals surface area contributed by atoms with E-state index in [-0.39, 0.29) is 11.8 Å². The van der Waals surface area contributed by atoms with E-state index in [1.807, 2.05) is 48.5 Å². The van der Waals surface area contributed by atoms with Crippen molar-refractivity contribution in [1.29, 1.82) is 0 Å². The van der Waals surface area contributed by atoms with Crippen molar-refractivity contribution in [3.05, 3.63) is 35.3 Å². The summed E-state index contributed by atoms with van der Waals surface area (Å²) in [6.45, 7) is 4.32. The smallest absolute Gasteiger partial charge is 0.270 e. The predicted molar refractivity (Wildman–Crippen MR) is 106 cm³/mol. The zero-order valence-electron chi connectivity index (χ0n) is 16.6. The Labute approximate surface area is 161 Å². The average molecular weight is 370 g/mol. The molecule has 0 spiro atoms. The second-order valence-electron chi connectivity index (χ2n) is 7.59. The lowest BCUT2D eigenvalue weighted by molar-refractivity contribution is -0.132. The summed E-state index contributed by atoms with van der Waals surface area (Å²) in [5.74, 6) is 0.0384. The number of carbonyl (C=O) groups excluding carboxylic acids is 2. The number of imidazole rings is 1. The highest BCUT2D eigenvalue weighted by molar-refractivity contribution is 5.94. The van der Waals surface area contributed by atoms with Gasteiger partial charge in [0.15, 0.2) is 0 Å². The third-order valence-corrected chi connectivity index (χ3v) is 5.60. The van der Waals surface area contributed by atoms with Crippen LogP contribution in [0.3, 0.4) is 0 Å². The zero-order valence-corrected chi connectivity index (χ0v) is 16.6. The van der Waals surface area contributed by atoms with Gasteiger partial charge in [0, 0.05) is 32.3 Å². The van der Waals surface area contributed by atoms with Crippen LogP contribution in [0.15, 0.2) is 18.3 Å². The van der Waals surface area contributed by atoms with E-state index in [0.717, 1.165) is 29.7 Å². The van der Waals surface area contributed by atoms with Gasteiger partial charge in [-0.3, -0.25) is 14.0 Å². The van der Waals surface area contributed by atoms with Gasteiger partial charge in [0.1, 0.15) is 11.3 Å². The number of nitrogens with zero attached hydrogens (tertiary/aromatic N) is 3. The van der Waals surface area contributed by atoms with Crippen molar-refractivity contribution < 1.29 is 9.59 Å². The molecule has 2 heterocycles. The van der Waals surface area contributed by atoms with E-state index in [4.69, 9.17) is 0 Å². The first-order valence-corrected chi connectivity index (χ1v) is 9.97. The lowest BCUT2D eigenvalue weighted by atomic mass is 9.94. The number of hydrogen-bond acceptors (Lipinski definition) is 3. The van der Waals surface area contributed by atoms with Crippen LogP contribution in [0, 0.1) is 13.8 Å². The summed E-state index contributed by atoms with van der Waals surface area (Å²) in [7, 11) is 1.92. The summed E-state index contributed by atoms with van der Waals surface area (Å²) in [5.41, 5.74) is 3.13. The highest BCUT2D eigenvalue weighted by atomic mass is 16.2. The Morgan fingerprint density at radius 3 is 2.74 bits per heavy atom. The first kappa shape index (κ1) is 19.4. The summed E-state index contributed by atoms with van der Waals surface area (Å²) in [5, 5.41) is 2.94. The van der Waals surface area contributed by atoms with Crippen molar-refractivity contribution in [3.8, 4) is 0 Å². The molecule has 3 rings (SSSR count). The van der Waals surface area contributed by atoms with Gasteiger partial charge in [-0.25, -0.2) is 4.98 Å². The number of pyridine rings is 1. The fourth-order valence-electron chi connectivity index (χ4n) is 3.96. The molecule has 0 atom stereocenters. The minimum absolute atomic E-state index is 0.140. The number of rotatable bonds is 6. The Morgan fingerprint density at radius 2 is 2.00 bits per heavy atom. The molecule has 1 fully saturated rings. The number of nitrogens with one attached hydrogen (secondary N) is 1. The summed E-state index contributed by atoms with van der Waals surface area (Å²) in [6, 6.07) is 4.29. The Morgan fingerprint density at radius 1 is 1.26 bits per heavy atom. The molecule has 146 valence electrons. The molecule has 0 aromatic carbocycles. The lowest BCUT2D eigenvalue weighted by Gasteiger charge is -2.31. The number of aryl methyl sites for hydroxylation is 2. The zero-order chi connectivity index (χ0) is 19.4. The molecule has 0 saturated heterocycles. The number of amides is 2. The molecule has 6 nitrogen and oxygen atoms in total. The van der Waals surface area contributed by atoms with Crippen LogP contribution < -0.4 is 5.32 Å². The summed E-state index contributed by atoms with van der Waals surface area (Å²) in [4.78, 5) is 31.4. The highest BCUT2D eigenvalue weighted by Crippen LogP contribution is 2.22. The maximum Gasteiger partial charge on any atom is 0.270 e. The second kappa shape index (κ2) is 8.55. The SMILES string of the molecule is Cc1nc2c(C)cccn2c1C(=O)NCCCC(=O)N(C)C1CCCCC1. The molecule has 1 aliphatic carbocycles. The molecule has 1 saturated carbocycles. The van der Waals surface area contributed by atoms with Gasteiger partial charge in [0.05, 0.1) is 5.69 Å². The topological polar surface area (TPSA) is 66.7 Å². The van der Waals surface area contributed by atoms with E-state index < -0.39 is 0 Å². The molecule has 6 heteroatoms. The molecule has 27 heavy (non-hydrogen) atoms. The van der Waals surface area contributed by atoms with Gasteiger partial charge in [-0.1, -0.05) is 25.3 Å². The molecule has 2 aromatic rings. The van der Waals surface area contributed by atoms with E-state index in [0.29, 0.717) is 31.1 Å². The van der Waals surface area contributed by atoms with Crippen molar-refractivity contribution in [2.24, 2.45) is 0 Å². The molecule has 0 bridgehead atoms. The van der Waals surface area contributed by atoms with Crippen LogP contribution >= 0.6 is 0 Å². The van der Waals surface area contributed by atoms with Crippen molar-refractivity contribution >= 4 is 17.5 Å². The van der Waals surface area contributed by atoms with Crippen LogP contribution in [0.5, 0.6) is 0 Å². The Hall–Kier alpha value is -2.37. The summed E-state index contributed by atoms with van der Waals surface area (Å²) in [6.07, 6.45) is 8.94. The van der Waals surface area contributed by atoms with E-state index >= 15 is 0 Å². The van der Waals surface area contributed by atoms with Crippen LogP contribution in [0.4, 0.5) is 0 Å². The monoisotopic (exact) mass is 370 g/mol. The van der Waals surface area contributed by atoms with Gasteiger partial charge in [-0.05, 0) is 44.7 Å². The highest BCUT2D eigenvalue weighted by Gasteiger charge is 2.22. The van der Waals surface area contributed by atoms with Gasteiger partial charge < -0.3 is 10.2 Å². The van der Waals surface area contributed by atoms with Gasteiger partial charge in [0.25, 0.3) is 5.91 Å². The largest absolute Gasteiger partial charge is 0.351 e. The van der Waals surface area contributed by atoms with Crippen LogP contribution in [0.2, 0.25) is 0 Å². The molecule has 2 amide bonds. The van der Waals surface area contributed by atoms with E-state index in [1.165, 1.54) is 19.3 Å². The predicted octanol–water partition coefficient (Wildman–Crippen LogP) is 3.25. The van der Waals surface area contributed by atoms with Crippen molar-refractivity contribution in [3.63, 3.8) is 0 Å². The van der Waals surface area contributed by atoms with E-state index in [2.05, 4.69) is 10.3 Å². The van der Waals surface area contributed by atoms with Crippen LogP contribution in [-0.4, -0.2) is 45.7 Å². The lowest BCUT2D eigenvalue weighted by Crippen LogP contribution is -2.38. The maximum atomic E-state index is 12.6. The summed E-state index contributed by atoms with van der Waals surface area (Å²) < 4.78 is 1.84. The first-order valence-electron chi connectivity index (χ1n) is 9.97. The van der Waals surface area contributed by atoms with E-state index in [9.17, 15) is 9.59 Å². The molecule has 2 aromatic heterocycles. The molecule has 1 aliphatic rings. The molecule has 1 N–H and O–H groups in total. The molecule has 0 radical (unpaired) electrons. The van der Waals surface area contributed by atoms with E-state index in [1.54, 1.807) is 0 Å². The number of hydrogen-bond donors (Lipinski definition) is 1. The fraction of sp³-hybridized carbons (Fsp3) is 0.571. The quantitative estimate of drug-likeness (QED) is 0.794. The summed E-state index contributed by atoms with van der Waals surface area (Å²) >= 11 is 0. The Kier molecular flexibility index (Phi) is 6.14. The van der Waals surface area contributed by atoms with Crippen LogP contribution in [0.1, 0.15) is 66.7 Å². The first-order chi connectivity index (χ1) is 13.0. The molecule has 0 unspecified atom stereocenters. The number of carbonyl (C=O) groups is 2. The second-order valence-corrected chi connectivity index (χ2v) is 7.59. The van der Waals surface area contributed by atoms with Gasteiger partial charge in [-0.15, -0.1) is 0 Å². The minimum Gasteiger partial charge on any atom is -0.351 e. The van der Waals surface area contributed by atoms with Crippen molar-refractivity contribution in [2.45, 2.75) is 64.8 Å². The van der Waals surface area contributed by atoms with Gasteiger partial charge in [-0.2, -0.15) is 0 Å². The molecular weight excluding hydrogens is 340 g/mol. The number of fused-ring (bicyclic) bond motifs is 1. The van der Waals surface area contributed by atoms with Crippen molar-refractivity contribution in [2.75, 3.05) is 13.6 Å². The maximum absolute atomic E-state index is 12.6. The average Bonchev–Trinajstić information content (AvgIpc) is 3.02. The van der Waals surface area contributed by atoms with Crippen molar-refractivity contribution in [1.82, 2.24) is 19.6 Å². The third-order valence-electron chi connectivity index (χ3n) is 5.60.